The van der Waals surface area contributed by atoms with E-state index < -0.39 is 0 Å². The van der Waals surface area contributed by atoms with Crippen LogP contribution in [0.25, 0.3) is 0 Å². The highest BCUT2D eigenvalue weighted by Crippen LogP contribution is 2.22. The number of para-hydroxylation sites is 3. The second-order valence-corrected chi connectivity index (χ2v) is 6.33. The number of nitrogens with zero attached hydrogens (tertiary/aromatic N) is 1. The number of carbonyl (C=O) groups is 2. The van der Waals surface area contributed by atoms with Crippen LogP contribution in [-0.2, 0) is 9.59 Å². The van der Waals surface area contributed by atoms with E-state index in [1.807, 2.05) is 49.4 Å². The number of ether oxygens (including phenoxy) is 1. The van der Waals surface area contributed by atoms with Gasteiger partial charge in [0, 0.05) is 12.2 Å². The molecule has 2 N–H and O–H groups in total. The molecule has 2 rings (SSSR count). The summed E-state index contributed by atoms with van der Waals surface area (Å²) in [6.07, 6.45) is 1.70. The van der Waals surface area contributed by atoms with E-state index in [0.717, 1.165) is 10.6 Å². The van der Waals surface area contributed by atoms with Gasteiger partial charge < -0.3 is 19.9 Å². The Morgan fingerprint density at radius 2 is 1.79 bits per heavy atom. The Hall–Kier alpha value is -3.12. The fourth-order valence-corrected chi connectivity index (χ4v) is 2.88. The van der Waals surface area contributed by atoms with E-state index in [-0.39, 0.29) is 24.9 Å². The second kappa shape index (κ2) is 10.9. The number of nitrogens with one attached hydrogen (secondary N) is 2. The minimum absolute atomic E-state index is 0.0481. The van der Waals surface area contributed by atoms with Crippen molar-refractivity contribution in [2.75, 3.05) is 43.5 Å². The van der Waals surface area contributed by atoms with E-state index >= 15 is 0 Å². The summed E-state index contributed by atoms with van der Waals surface area (Å²) in [5.41, 5.74) is 1.44. The Morgan fingerprint density at radius 1 is 1.11 bits per heavy atom. The lowest BCUT2D eigenvalue weighted by atomic mass is 10.2. The highest BCUT2D eigenvalue weighted by atomic mass is 16.5. The molecule has 0 bridgehead atoms. The van der Waals surface area contributed by atoms with Crippen molar-refractivity contribution in [1.29, 1.82) is 0 Å². The lowest BCUT2D eigenvalue weighted by Crippen LogP contribution is -3.14. The first-order valence-corrected chi connectivity index (χ1v) is 9.31. The Balaban J connectivity index is 2.01. The summed E-state index contributed by atoms with van der Waals surface area (Å²) in [6, 6.07) is 16.7. The van der Waals surface area contributed by atoms with Crippen molar-refractivity contribution in [3.05, 3.63) is 67.3 Å². The molecule has 2 aromatic rings. The molecule has 0 aliphatic carbocycles. The number of benzene rings is 2. The number of methoxy groups -OCH3 is 1. The predicted octanol–water partition coefficient (Wildman–Crippen LogP) is 1.76. The quantitative estimate of drug-likeness (QED) is 0.616. The SMILES string of the molecule is C=CCN(C(=O)C[NH+](CC)CC(=O)Nc1ccccc1OC)c1ccccc1. The summed E-state index contributed by atoms with van der Waals surface area (Å²) in [6.45, 7) is 7.19. The van der Waals surface area contributed by atoms with Crippen LogP contribution in [0.5, 0.6) is 5.75 Å². The molecule has 1 unspecified atom stereocenters. The van der Waals surface area contributed by atoms with Crippen LogP contribution in [-0.4, -0.2) is 45.1 Å². The molecule has 0 radical (unpaired) electrons. The maximum atomic E-state index is 12.8. The Morgan fingerprint density at radius 3 is 2.43 bits per heavy atom. The lowest BCUT2D eigenvalue weighted by molar-refractivity contribution is -0.881. The molecule has 0 aliphatic rings. The first-order valence-electron chi connectivity index (χ1n) is 9.31. The van der Waals surface area contributed by atoms with E-state index in [9.17, 15) is 9.59 Å². The summed E-state index contributed by atoms with van der Waals surface area (Å²) in [5.74, 6) is 0.392. The zero-order chi connectivity index (χ0) is 20.4. The number of amides is 2. The van der Waals surface area contributed by atoms with Crippen LogP contribution in [0, 0.1) is 0 Å². The first-order chi connectivity index (χ1) is 13.6. The van der Waals surface area contributed by atoms with Crippen molar-refractivity contribution in [2.24, 2.45) is 0 Å². The van der Waals surface area contributed by atoms with E-state index in [2.05, 4.69) is 11.9 Å². The van der Waals surface area contributed by atoms with E-state index in [1.54, 1.807) is 30.2 Å². The molecule has 6 nitrogen and oxygen atoms in total. The van der Waals surface area contributed by atoms with E-state index in [4.69, 9.17) is 4.74 Å². The molecule has 1 atom stereocenters. The fraction of sp³-hybridized carbons (Fsp3) is 0.273. The van der Waals surface area contributed by atoms with Crippen LogP contribution in [0.3, 0.4) is 0 Å². The van der Waals surface area contributed by atoms with Gasteiger partial charge in [-0.3, -0.25) is 9.59 Å². The molecule has 2 aromatic carbocycles. The maximum Gasteiger partial charge on any atom is 0.282 e. The van der Waals surface area contributed by atoms with Crippen molar-refractivity contribution < 1.29 is 19.2 Å². The number of quaternary nitrogens is 1. The summed E-state index contributed by atoms with van der Waals surface area (Å²) in [4.78, 5) is 27.9. The summed E-state index contributed by atoms with van der Waals surface area (Å²) < 4.78 is 5.26. The third-order valence-electron chi connectivity index (χ3n) is 4.37. The monoisotopic (exact) mass is 382 g/mol. The minimum atomic E-state index is -0.163. The van der Waals surface area contributed by atoms with Gasteiger partial charge in [-0.15, -0.1) is 6.58 Å². The molecule has 6 heteroatoms. The number of hydrogen-bond acceptors (Lipinski definition) is 3. The average Bonchev–Trinajstić information content (AvgIpc) is 2.72. The molecular formula is C22H28N3O3+. The Labute approximate surface area is 166 Å². The van der Waals surface area contributed by atoms with Gasteiger partial charge in [-0.2, -0.15) is 0 Å². The topological polar surface area (TPSA) is 63.1 Å². The van der Waals surface area contributed by atoms with Gasteiger partial charge in [0.25, 0.3) is 11.8 Å². The molecule has 0 fully saturated rings. The highest BCUT2D eigenvalue weighted by Gasteiger charge is 2.22. The molecule has 2 amide bonds. The minimum Gasteiger partial charge on any atom is -0.495 e. The number of hydrogen-bond donors (Lipinski definition) is 2. The molecule has 0 saturated heterocycles. The van der Waals surface area contributed by atoms with Crippen LogP contribution in [0.4, 0.5) is 11.4 Å². The maximum absolute atomic E-state index is 12.8. The van der Waals surface area contributed by atoms with Crippen molar-refractivity contribution in [3.63, 3.8) is 0 Å². The largest absolute Gasteiger partial charge is 0.495 e. The molecule has 0 aromatic heterocycles. The standard InChI is InChI=1S/C22H27N3O3/c1-4-15-25(18-11-7-6-8-12-18)22(27)17-24(5-2)16-21(26)23-19-13-9-10-14-20(19)28-3/h4,6-14H,1,5,15-17H2,2-3H3,(H,23,26)/p+1. The van der Waals surface area contributed by atoms with Gasteiger partial charge in [-0.05, 0) is 31.2 Å². The van der Waals surface area contributed by atoms with Crippen LogP contribution >= 0.6 is 0 Å². The molecular weight excluding hydrogens is 354 g/mol. The number of rotatable bonds is 10. The van der Waals surface area contributed by atoms with Crippen LogP contribution in [0.2, 0.25) is 0 Å². The summed E-state index contributed by atoms with van der Waals surface area (Å²) in [5, 5.41) is 2.86. The number of likely N-dealkylation sites (N-methyl/N-ethyl adjacent to an activating group) is 1. The Bertz CT molecular complexity index is 793. The van der Waals surface area contributed by atoms with Crippen molar-refractivity contribution in [2.45, 2.75) is 6.92 Å². The van der Waals surface area contributed by atoms with Gasteiger partial charge >= 0.3 is 0 Å². The predicted molar refractivity (Wildman–Crippen MR) is 112 cm³/mol. The van der Waals surface area contributed by atoms with Gasteiger partial charge in [0.15, 0.2) is 13.1 Å². The van der Waals surface area contributed by atoms with Crippen molar-refractivity contribution in [1.82, 2.24) is 0 Å². The van der Waals surface area contributed by atoms with Gasteiger partial charge in [0.05, 0.1) is 19.3 Å². The first kappa shape index (κ1) is 21.2. The van der Waals surface area contributed by atoms with Gasteiger partial charge in [0.2, 0.25) is 0 Å². The Kier molecular flexibility index (Phi) is 8.24. The third-order valence-corrected chi connectivity index (χ3v) is 4.37. The average molecular weight is 382 g/mol. The van der Waals surface area contributed by atoms with Crippen LogP contribution < -0.4 is 19.9 Å². The van der Waals surface area contributed by atoms with Gasteiger partial charge in [-0.25, -0.2) is 0 Å². The molecule has 28 heavy (non-hydrogen) atoms. The lowest BCUT2D eigenvalue weighted by Gasteiger charge is -2.24. The number of carbonyl (C=O) groups excluding carboxylic acids is 2. The van der Waals surface area contributed by atoms with Crippen LogP contribution in [0.1, 0.15) is 6.92 Å². The van der Waals surface area contributed by atoms with Gasteiger partial charge in [0.1, 0.15) is 5.75 Å². The van der Waals surface area contributed by atoms with Crippen LogP contribution in [0.15, 0.2) is 67.3 Å². The van der Waals surface area contributed by atoms with Crippen molar-refractivity contribution in [3.8, 4) is 5.75 Å². The second-order valence-electron chi connectivity index (χ2n) is 6.33. The van der Waals surface area contributed by atoms with E-state index in [1.165, 1.54) is 0 Å². The smallest absolute Gasteiger partial charge is 0.282 e. The summed E-state index contributed by atoms with van der Waals surface area (Å²) in [7, 11) is 1.56. The number of anilines is 2. The van der Waals surface area contributed by atoms with Gasteiger partial charge in [-0.1, -0.05) is 36.4 Å². The summed E-state index contributed by atoms with van der Waals surface area (Å²) >= 11 is 0. The highest BCUT2D eigenvalue weighted by molar-refractivity contribution is 5.95. The zero-order valence-electron chi connectivity index (χ0n) is 16.5. The van der Waals surface area contributed by atoms with E-state index in [0.29, 0.717) is 24.5 Å². The van der Waals surface area contributed by atoms with Crippen molar-refractivity contribution >= 4 is 23.2 Å². The molecule has 148 valence electrons. The molecule has 0 heterocycles. The zero-order valence-corrected chi connectivity index (χ0v) is 16.5. The molecule has 0 aliphatic heterocycles. The normalized spacial score (nSPS) is 11.4. The third kappa shape index (κ3) is 5.96. The fourth-order valence-electron chi connectivity index (χ4n) is 2.88. The molecule has 0 spiro atoms. The molecule has 0 saturated carbocycles.